The third-order valence-corrected chi connectivity index (χ3v) is 6.28. The van der Waals surface area contributed by atoms with Crippen molar-refractivity contribution in [3.63, 3.8) is 0 Å². The van der Waals surface area contributed by atoms with Crippen LogP contribution in [0.4, 0.5) is 0 Å². The van der Waals surface area contributed by atoms with E-state index in [2.05, 4.69) is 11.2 Å². The molecule has 28 heavy (non-hydrogen) atoms. The summed E-state index contributed by atoms with van der Waals surface area (Å²) in [6.07, 6.45) is 0.963. The molecule has 7 nitrogen and oxygen atoms in total. The van der Waals surface area contributed by atoms with Crippen molar-refractivity contribution >= 4 is 15.7 Å². The van der Waals surface area contributed by atoms with E-state index in [1.54, 1.807) is 30.3 Å². The Balaban J connectivity index is 1.58. The summed E-state index contributed by atoms with van der Waals surface area (Å²) in [5.41, 5.74) is 2.52. The van der Waals surface area contributed by atoms with Crippen molar-refractivity contribution in [2.24, 2.45) is 5.16 Å². The summed E-state index contributed by atoms with van der Waals surface area (Å²) in [6, 6.07) is 17.2. The molecule has 1 heterocycles. The number of hydrogen-bond donors (Lipinski definition) is 0. The van der Waals surface area contributed by atoms with Gasteiger partial charge in [0.05, 0.1) is 33.9 Å². The van der Waals surface area contributed by atoms with Crippen molar-refractivity contribution in [3.05, 3.63) is 65.2 Å². The first-order valence-corrected chi connectivity index (χ1v) is 10.1. The molecule has 1 aliphatic rings. The molecular formula is C20H18N4O3S. The molecule has 2 aromatic carbocycles. The Hall–Kier alpha value is -3.20. The Bertz CT molecular complexity index is 1070. The minimum atomic E-state index is -3.63. The fourth-order valence-electron chi connectivity index (χ4n) is 2.88. The maximum atomic E-state index is 12.7. The fraction of sp³-hybridized carbons (Fsp3) is 0.250. The zero-order chi connectivity index (χ0) is 20.0. The van der Waals surface area contributed by atoms with Gasteiger partial charge in [0, 0.05) is 25.9 Å². The SMILES string of the molecule is N#Cc1cccc(CON=C2CCN(S(=O)(=O)c3cccc(C#N)c3)CC2)c1. The van der Waals surface area contributed by atoms with Crippen LogP contribution in [0.1, 0.15) is 29.5 Å². The van der Waals surface area contributed by atoms with Crippen LogP contribution in [0.3, 0.4) is 0 Å². The van der Waals surface area contributed by atoms with Crippen LogP contribution in [0, 0.1) is 22.7 Å². The number of hydrogen-bond acceptors (Lipinski definition) is 6. The molecule has 1 aliphatic heterocycles. The van der Waals surface area contributed by atoms with Crippen LogP contribution in [0.25, 0.3) is 0 Å². The summed E-state index contributed by atoms with van der Waals surface area (Å²) in [5.74, 6) is 0. The maximum Gasteiger partial charge on any atom is 0.243 e. The summed E-state index contributed by atoms with van der Waals surface area (Å²) in [5, 5.41) is 22.0. The van der Waals surface area contributed by atoms with E-state index in [9.17, 15) is 8.42 Å². The lowest BCUT2D eigenvalue weighted by atomic mass is 10.1. The number of piperidine rings is 1. The second kappa shape index (κ2) is 8.66. The molecule has 1 saturated heterocycles. The average molecular weight is 394 g/mol. The number of benzene rings is 2. The van der Waals surface area contributed by atoms with Crippen LogP contribution in [-0.4, -0.2) is 31.5 Å². The number of rotatable bonds is 5. The number of nitriles is 2. The van der Waals surface area contributed by atoms with Crippen LogP contribution in [0.15, 0.2) is 58.6 Å². The monoisotopic (exact) mass is 394 g/mol. The van der Waals surface area contributed by atoms with Gasteiger partial charge < -0.3 is 4.84 Å². The number of nitrogens with zero attached hydrogens (tertiary/aromatic N) is 4. The normalized spacial score (nSPS) is 14.7. The molecule has 0 amide bonds. The van der Waals surface area contributed by atoms with E-state index < -0.39 is 10.0 Å². The van der Waals surface area contributed by atoms with Crippen molar-refractivity contribution in [1.29, 1.82) is 10.5 Å². The van der Waals surface area contributed by atoms with Crippen molar-refractivity contribution in [2.45, 2.75) is 24.3 Å². The molecule has 0 radical (unpaired) electrons. The van der Waals surface area contributed by atoms with Gasteiger partial charge in [-0.1, -0.05) is 23.4 Å². The molecule has 2 aromatic rings. The van der Waals surface area contributed by atoms with Crippen molar-refractivity contribution in [2.75, 3.05) is 13.1 Å². The lowest BCUT2D eigenvalue weighted by molar-refractivity contribution is 0.128. The molecule has 8 heteroatoms. The van der Waals surface area contributed by atoms with E-state index in [-0.39, 0.29) is 11.5 Å². The van der Waals surface area contributed by atoms with Gasteiger partial charge in [0.1, 0.15) is 6.61 Å². The molecule has 0 bridgehead atoms. The summed E-state index contributed by atoms with van der Waals surface area (Å²) < 4.78 is 26.9. The van der Waals surface area contributed by atoms with Crippen molar-refractivity contribution in [3.8, 4) is 12.1 Å². The molecule has 0 saturated carbocycles. The van der Waals surface area contributed by atoms with E-state index in [0.717, 1.165) is 11.3 Å². The van der Waals surface area contributed by atoms with Crippen molar-refractivity contribution in [1.82, 2.24) is 4.31 Å². The minimum Gasteiger partial charge on any atom is -0.391 e. The standard InChI is InChI=1S/C20H18N4O3S/c21-13-16-3-1-5-18(11-16)15-27-23-19-7-9-24(10-8-19)28(25,26)20-6-2-4-17(12-20)14-22/h1-6,11-12H,7-10,15H2. The molecule has 0 atom stereocenters. The Kier molecular flexibility index (Phi) is 6.05. The van der Waals surface area contributed by atoms with E-state index in [1.807, 2.05) is 12.1 Å². The van der Waals surface area contributed by atoms with Crippen molar-refractivity contribution < 1.29 is 13.3 Å². The summed E-state index contributed by atoms with van der Waals surface area (Å²) in [6.45, 7) is 0.873. The van der Waals surface area contributed by atoms with E-state index in [1.165, 1.54) is 16.4 Å². The van der Waals surface area contributed by atoms with Gasteiger partial charge in [0.25, 0.3) is 0 Å². The molecule has 0 spiro atoms. The summed E-state index contributed by atoms with van der Waals surface area (Å²) >= 11 is 0. The fourth-order valence-corrected chi connectivity index (χ4v) is 4.37. The van der Waals surface area contributed by atoms with Gasteiger partial charge in [0.15, 0.2) is 0 Å². The molecule has 0 N–H and O–H groups in total. The minimum absolute atomic E-state index is 0.126. The first-order valence-electron chi connectivity index (χ1n) is 8.70. The predicted molar refractivity (Wildman–Crippen MR) is 103 cm³/mol. The first-order chi connectivity index (χ1) is 13.5. The van der Waals surface area contributed by atoms with Crippen LogP contribution in [0.2, 0.25) is 0 Å². The number of sulfonamides is 1. The van der Waals surface area contributed by atoms with Gasteiger partial charge in [-0.15, -0.1) is 0 Å². The Morgan fingerprint density at radius 2 is 1.64 bits per heavy atom. The second-order valence-corrected chi connectivity index (χ2v) is 8.22. The van der Waals surface area contributed by atoms with Gasteiger partial charge in [-0.3, -0.25) is 0 Å². The highest BCUT2D eigenvalue weighted by Gasteiger charge is 2.28. The molecule has 142 valence electrons. The summed E-state index contributed by atoms with van der Waals surface area (Å²) in [4.78, 5) is 5.49. The third kappa shape index (κ3) is 4.55. The van der Waals surface area contributed by atoms with Crippen LogP contribution >= 0.6 is 0 Å². The van der Waals surface area contributed by atoms with E-state index >= 15 is 0 Å². The van der Waals surface area contributed by atoms with E-state index in [0.29, 0.717) is 37.1 Å². The summed E-state index contributed by atoms with van der Waals surface area (Å²) in [7, 11) is -3.63. The number of oxime groups is 1. The molecule has 0 unspecified atom stereocenters. The molecule has 0 aromatic heterocycles. The van der Waals surface area contributed by atoms with E-state index in [4.69, 9.17) is 15.4 Å². The quantitative estimate of drug-likeness (QED) is 0.725. The lowest BCUT2D eigenvalue weighted by Crippen LogP contribution is -2.38. The molecular weight excluding hydrogens is 376 g/mol. The molecule has 3 rings (SSSR count). The molecule has 1 fully saturated rings. The Morgan fingerprint density at radius 1 is 1.00 bits per heavy atom. The topological polar surface area (TPSA) is 107 Å². The highest BCUT2D eigenvalue weighted by Crippen LogP contribution is 2.21. The van der Waals surface area contributed by atoms with Gasteiger partial charge >= 0.3 is 0 Å². The van der Waals surface area contributed by atoms with Crippen LogP contribution < -0.4 is 0 Å². The zero-order valence-corrected chi connectivity index (χ0v) is 15.9. The highest BCUT2D eigenvalue weighted by atomic mass is 32.2. The van der Waals surface area contributed by atoms with Gasteiger partial charge in [-0.05, 0) is 35.9 Å². The van der Waals surface area contributed by atoms with Gasteiger partial charge in [-0.25, -0.2) is 8.42 Å². The maximum absolute atomic E-state index is 12.7. The predicted octanol–water partition coefficient (Wildman–Crippen LogP) is 2.79. The zero-order valence-electron chi connectivity index (χ0n) is 15.1. The average Bonchev–Trinajstić information content (AvgIpc) is 2.74. The smallest absolute Gasteiger partial charge is 0.243 e. The molecule has 0 aliphatic carbocycles. The lowest BCUT2D eigenvalue weighted by Gasteiger charge is -2.26. The van der Waals surface area contributed by atoms with Gasteiger partial charge in [-0.2, -0.15) is 14.8 Å². The first kappa shape index (κ1) is 19.6. The third-order valence-electron chi connectivity index (χ3n) is 4.38. The Morgan fingerprint density at radius 3 is 2.32 bits per heavy atom. The highest BCUT2D eigenvalue weighted by molar-refractivity contribution is 7.89. The largest absolute Gasteiger partial charge is 0.391 e. The van der Waals surface area contributed by atoms with Crippen LogP contribution in [-0.2, 0) is 21.5 Å². The second-order valence-electron chi connectivity index (χ2n) is 6.29. The Labute approximate surface area is 164 Å². The van der Waals surface area contributed by atoms with Crippen LogP contribution in [0.5, 0.6) is 0 Å². The van der Waals surface area contributed by atoms with Gasteiger partial charge in [0.2, 0.25) is 10.0 Å².